The van der Waals surface area contributed by atoms with Gasteiger partial charge in [0.1, 0.15) is 18.1 Å². The molecule has 1 amide bonds. The molecule has 0 atom stereocenters. The fourth-order valence-corrected chi connectivity index (χ4v) is 3.88. The number of aromatic nitrogens is 2. The highest BCUT2D eigenvalue weighted by atomic mass is 16.5. The summed E-state index contributed by atoms with van der Waals surface area (Å²) in [4.78, 5) is 33.4. The monoisotopic (exact) mass is 418 g/mol. The SMILES string of the molecule is CCN1CCc2nc(-c3ccccc3)n(CC(=O)Nc3ccccc3OC)c(=O)c2C1. The van der Waals surface area contributed by atoms with Crippen molar-refractivity contribution in [2.24, 2.45) is 0 Å². The van der Waals surface area contributed by atoms with Crippen molar-refractivity contribution in [1.29, 1.82) is 0 Å². The van der Waals surface area contributed by atoms with Crippen molar-refractivity contribution in [3.63, 3.8) is 0 Å². The van der Waals surface area contributed by atoms with Crippen LogP contribution in [0, 0.1) is 0 Å². The first kappa shape index (κ1) is 20.8. The van der Waals surface area contributed by atoms with Crippen LogP contribution in [0.25, 0.3) is 11.4 Å². The number of likely N-dealkylation sites (N-methyl/N-ethyl adjacent to an activating group) is 1. The third-order valence-electron chi connectivity index (χ3n) is 5.56. The van der Waals surface area contributed by atoms with Crippen molar-refractivity contribution < 1.29 is 9.53 Å². The van der Waals surface area contributed by atoms with Crippen LogP contribution in [-0.4, -0.2) is 40.6 Å². The van der Waals surface area contributed by atoms with Gasteiger partial charge in [-0.3, -0.25) is 19.1 Å². The topological polar surface area (TPSA) is 76.5 Å². The lowest BCUT2D eigenvalue weighted by Gasteiger charge is -2.27. The number of para-hydroxylation sites is 2. The molecule has 4 rings (SSSR count). The maximum atomic E-state index is 13.5. The minimum Gasteiger partial charge on any atom is -0.495 e. The van der Waals surface area contributed by atoms with E-state index in [1.165, 1.54) is 4.57 Å². The van der Waals surface area contributed by atoms with Crippen molar-refractivity contribution in [2.75, 3.05) is 25.5 Å². The smallest absolute Gasteiger partial charge is 0.259 e. The average molecular weight is 418 g/mol. The molecule has 0 saturated carbocycles. The Morgan fingerprint density at radius 1 is 1.13 bits per heavy atom. The Hall–Kier alpha value is -3.45. The van der Waals surface area contributed by atoms with E-state index in [1.54, 1.807) is 19.2 Å². The van der Waals surface area contributed by atoms with Gasteiger partial charge in [0, 0.05) is 25.1 Å². The lowest BCUT2D eigenvalue weighted by molar-refractivity contribution is -0.116. The molecule has 0 saturated heterocycles. The number of amides is 1. The highest BCUT2D eigenvalue weighted by molar-refractivity contribution is 5.92. The van der Waals surface area contributed by atoms with Gasteiger partial charge in [-0.15, -0.1) is 0 Å². The summed E-state index contributed by atoms with van der Waals surface area (Å²) in [5.41, 5.74) is 2.72. The summed E-state index contributed by atoms with van der Waals surface area (Å²) in [6, 6.07) is 16.7. The molecule has 2 heterocycles. The van der Waals surface area contributed by atoms with Gasteiger partial charge < -0.3 is 10.1 Å². The predicted molar refractivity (Wildman–Crippen MR) is 120 cm³/mol. The second-order valence-corrected chi connectivity index (χ2v) is 7.49. The van der Waals surface area contributed by atoms with Crippen LogP contribution in [0.3, 0.4) is 0 Å². The van der Waals surface area contributed by atoms with Crippen molar-refractivity contribution in [3.8, 4) is 17.1 Å². The van der Waals surface area contributed by atoms with Gasteiger partial charge in [0.2, 0.25) is 5.91 Å². The first-order valence-corrected chi connectivity index (χ1v) is 10.4. The molecule has 0 radical (unpaired) electrons. The standard InChI is InChI=1S/C24H26N4O3/c1-3-27-14-13-19-18(15-27)24(30)28(23(26-19)17-9-5-4-6-10-17)16-22(29)25-20-11-7-8-12-21(20)31-2/h4-12H,3,13-16H2,1-2H3,(H,25,29). The number of ether oxygens (including phenoxy) is 1. The van der Waals surface area contributed by atoms with E-state index in [4.69, 9.17) is 9.72 Å². The van der Waals surface area contributed by atoms with E-state index in [9.17, 15) is 9.59 Å². The highest BCUT2D eigenvalue weighted by Crippen LogP contribution is 2.24. The van der Waals surface area contributed by atoms with Gasteiger partial charge in [-0.25, -0.2) is 4.98 Å². The van der Waals surface area contributed by atoms with Crippen LogP contribution >= 0.6 is 0 Å². The summed E-state index contributed by atoms with van der Waals surface area (Å²) in [6.45, 7) is 4.25. The molecule has 1 aliphatic heterocycles. The van der Waals surface area contributed by atoms with Gasteiger partial charge in [-0.05, 0) is 18.7 Å². The number of nitrogens with one attached hydrogen (secondary N) is 1. The van der Waals surface area contributed by atoms with Crippen LogP contribution in [-0.2, 0) is 24.3 Å². The van der Waals surface area contributed by atoms with Gasteiger partial charge >= 0.3 is 0 Å². The molecule has 0 bridgehead atoms. The van der Waals surface area contributed by atoms with Crippen LogP contribution < -0.4 is 15.6 Å². The van der Waals surface area contributed by atoms with E-state index in [0.29, 0.717) is 29.4 Å². The average Bonchev–Trinajstić information content (AvgIpc) is 2.81. The molecule has 7 nitrogen and oxygen atoms in total. The Kier molecular flexibility index (Phi) is 6.13. The van der Waals surface area contributed by atoms with Crippen molar-refractivity contribution in [1.82, 2.24) is 14.5 Å². The number of hydrogen-bond donors (Lipinski definition) is 1. The molecule has 0 spiro atoms. The van der Waals surface area contributed by atoms with E-state index in [2.05, 4.69) is 17.1 Å². The van der Waals surface area contributed by atoms with Crippen LogP contribution in [0.4, 0.5) is 5.69 Å². The summed E-state index contributed by atoms with van der Waals surface area (Å²) in [7, 11) is 1.55. The first-order chi connectivity index (χ1) is 15.1. The van der Waals surface area contributed by atoms with Crippen molar-refractivity contribution in [2.45, 2.75) is 26.4 Å². The molecule has 160 valence electrons. The number of nitrogens with zero attached hydrogens (tertiary/aromatic N) is 3. The van der Waals surface area contributed by atoms with E-state index in [1.807, 2.05) is 42.5 Å². The van der Waals surface area contributed by atoms with Crippen molar-refractivity contribution >= 4 is 11.6 Å². The molecular formula is C24H26N4O3. The number of hydrogen-bond acceptors (Lipinski definition) is 5. The maximum Gasteiger partial charge on any atom is 0.259 e. The third kappa shape index (κ3) is 4.36. The van der Waals surface area contributed by atoms with Crippen LogP contribution in [0.2, 0.25) is 0 Å². The van der Waals surface area contributed by atoms with Crippen LogP contribution in [0.1, 0.15) is 18.2 Å². The minimum absolute atomic E-state index is 0.131. The fraction of sp³-hybridized carbons (Fsp3) is 0.292. The molecule has 0 fully saturated rings. The quantitative estimate of drug-likeness (QED) is 0.666. The molecular weight excluding hydrogens is 392 g/mol. The zero-order valence-electron chi connectivity index (χ0n) is 17.8. The van der Waals surface area contributed by atoms with E-state index < -0.39 is 0 Å². The summed E-state index contributed by atoms with van der Waals surface area (Å²) in [5.74, 6) is 0.770. The molecule has 3 aromatic rings. The first-order valence-electron chi connectivity index (χ1n) is 10.4. The normalized spacial score (nSPS) is 13.5. The van der Waals surface area contributed by atoms with Crippen LogP contribution in [0.5, 0.6) is 5.75 Å². The Morgan fingerprint density at radius 2 is 1.87 bits per heavy atom. The summed E-state index contributed by atoms with van der Waals surface area (Å²) in [5, 5.41) is 2.85. The highest BCUT2D eigenvalue weighted by Gasteiger charge is 2.24. The van der Waals surface area contributed by atoms with Crippen molar-refractivity contribution in [3.05, 3.63) is 76.2 Å². The zero-order chi connectivity index (χ0) is 21.8. The lowest BCUT2D eigenvalue weighted by Crippen LogP contribution is -2.39. The predicted octanol–water partition coefficient (Wildman–Crippen LogP) is 2.94. The Morgan fingerprint density at radius 3 is 2.61 bits per heavy atom. The Bertz CT molecular complexity index is 1140. The molecule has 1 aromatic heterocycles. The second-order valence-electron chi connectivity index (χ2n) is 7.49. The van der Waals surface area contributed by atoms with E-state index in [-0.39, 0.29) is 18.0 Å². The van der Waals surface area contributed by atoms with E-state index >= 15 is 0 Å². The van der Waals surface area contributed by atoms with Gasteiger partial charge in [0.05, 0.1) is 24.1 Å². The number of benzene rings is 2. The number of rotatable bonds is 6. The number of carbonyl (C=O) groups is 1. The number of fused-ring (bicyclic) bond motifs is 1. The second kappa shape index (κ2) is 9.14. The van der Waals surface area contributed by atoms with Gasteiger partial charge in [-0.2, -0.15) is 0 Å². The summed E-state index contributed by atoms with van der Waals surface area (Å²) >= 11 is 0. The van der Waals surface area contributed by atoms with E-state index in [0.717, 1.165) is 30.8 Å². The molecule has 31 heavy (non-hydrogen) atoms. The summed E-state index contributed by atoms with van der Waals surface area (Å²) in [6.07, 6.45) is 0.729. The Labute approximate surface area is 181 Å². The van der Waals surface area contributed by atoms with Gasteiger partial charge in [0.15, 0.2) is 0 Å². The number of methoxy groups -OCH3 is 1. The minimum atomic E-state index is -0.311. The molecule has 0 aliphatic carbocycles. The lowest BCUT2D eigenvalue weighted by atomic mass is 10.1. The molecule has 0 unspecified atom stereocenters. The maximum absolute atomic E-state index is 13.5. The van der Waals surface area contributed by atoms with Gasteiger partial charge in [-0.1, -0.05) is 49.4 Å². The Balaban J connectivity index is 1.73. The summed E-state index contributed by atoms with van der Waals surface area (Å²) < 4.78 is 6.79. The van der Waals surface area contributed by atoms with Crippen LogP contribution in [0.15, 0.2) is 59.4 Å². The zero-order valence-corrected chi connectivity index (χ0v) is 17.8. The third-order valence-corrected chi connectivity index (χ3v) is 5.56. The van der Waals surface area contributed by atoms with Gasteiger partial charge in [0.25, 0.3) is 5.56 Å². The largest absolute Gasteiger partial charge is 0.495 e. The molecule has 1 aliphatic rings. The molecule has 7 heteroatoms. The molecule has 1 N–H and O–H groups in total. The molecule has 2 aromatic carbocycles. The number of anilines is 1. The fourth-order valence-electron chi connectivity index (χ4n) is 3.88. The number of carbonyl (C=O) groups excluding carboxylic acids is 1.